The van der Waals surface area contributed by atoms with Crippen molar-refractivity contribution >= 4 is 23.4 Å². The Hall–Kier alpha value is -2.97. The Morgan fingerprint density at radius 1 is 0.440 bits per heavy atom. The van der Waals surface area contributed by atoms with Crippen LogP contribution in [-0.2, 0) is 66.5 Å². The fraction of sp³-hybridized carbons (Fsp3) is 0.727. The second-order valence-electron chi connectivity index (χ2n) is 9.99. The molecule has 1 rings (SSSR count). The van der Waals surface area contributed by atoms with Crippen LogP contribution >= 0.6 is 0 Å². The lowest BCUT2D eigenvalue weighted by molar-refractivity contribution is -0.151. The van der Waals surface area contributed by atoms with E-state index < -0.39 is 17.7 Å². The first-order valence-corrected chi connectivity index (χ1v) is 16.7. The number of benzene rings is 1. The molecule has 0 spiro atoms. The average molecular weight is 722 g/mol. The molecule has 50 heavy (non-hydrogen) atoms. The number of nitrogen functional groups attached to an aromatic ring is 1. The molecule has 17 nitrogen and oxygen atoms in total. The number of anilines is 1. The highest BCUT2D eigenvalue weighted by atomic mass is 16.6. The van der Waals surface area contributed by atoms with Crippen LogP contribution in [0, 0.1) is 0 Å². The third-order valence-corrected chi connectivity index (χ3v) is 6.01. The van der Waals surface area contributed by atoms with Gasteiger partial charge in [-0.2, -0.15) is 0 Å². The van der Waals surface area contributed by atoms with Gasteiger partial charge < -0.3 is 67.7 Å². The van der Waals surface area contributed by atoms with Gasteiger partial charge in [-0.1, -0.05) is 0 Å². The predicted molar refractivity (Wildman–Crippen MR) is 177 cm³/mol. The molecule has 0 bridgehead atoms. The Kier molecular flexibility index (Phi) is 31.1. The molecule has 0 unspecified atom stereocenters. The van der Waals surface area contributed by atoms with Crippen LogP contribution in [0.5, 0.6) is 5.75 Å². The van der Waals surface area contributed by atoms with E-state index in [-0.39, 0.29) is 26.1 Å². The summed E-state index contributed by atoms with van der Waals surface area (Å²) < 4.78 is 64.6. The standard InChI is InChI=1S/C33H55NO16/c34-29-1-3-30(4-2-29)49-27-25-47-23-21-45-19-17-43-15-13-41-11-9-39-7-8-40-10-12-42-14-16-44-18-20-46-22-24-48-26-28-50-32(36)6-5-31(35)33(37)38/h1-4H,5-28,34H2,(H,37,38). The first kappa shape index (κ1) is 45.1. The van der Waals surface area contributed by atoms with Crippen molar-refractivity contribution in [2.75, 3.05) is 151 Å². The van der Waals surface area contributed by atoms with Crippen LogP contribution in [0.1, 0.15) is 12.8 Å². The van der Waals surface area contributed by atoms with E-state index in [0.29, 0.717) is 138 Å². The molecule has 0 aliphatic carbocycles. The second-order valence-corrected chi connectivity index (χ2v) is 9.99. The van der Waals surface area contributed by atoms with Gasteiger partial charge >= 0.3 is 11.9 Å². The fourth-order valence-corrected chi connectivity index (χ4v) is 3.47. The molecule has 1 aromatic rings. The first-order valence-electron chi connectivity index (χ1n) is 16.7. The Balaban J connectivity index is 1.65. The molecule has 0 saturated heterocycles. The van der Waals surface area contributed by atoms with Crippen LogP contribution in [0.2, 0.25) is 0 Å². The number of Topliss-reactive ketones (excluding diaryl/α,β-unsaturated/α-hetero) is 1. The molecule has 0 heterocycles. The van der Waals surface area contributed by atoms with Crippen molar-refractivity contribution in [3.8, 4) is 5.75 Å². The van der Waals surface area contributed by atoms with E-state index >= 15 is 0 Å². The molecule has 1 aromatic carbocycles. The number of carboxylic acid groups (broad SMARTS) is 1. The number of carbonyl (C=O) groups excluding carboxylic acids is 2. The minimum atomic E-state index is -1.56. The normalized spacial score (nSPS) is 11.1. The molecule has 0 atom stereocenters. The van der Waals surface area contributed by atoms with Gasteiger partial charge in [0.05, 0.1) is 139 Å². The zero-order chi connectivity index (χ0) is 36.2. The number of aliphatic carboxylic acids is 1. The van der Waals surface area contributed by atoms with Gasteiger partial charge in [0.2, 0.25) is 5.78 Å². The highest BCUT2D eigenvalue weighted by Gasteiger charge is 2.14. The van der Waals surface area contributed by atoms with Crippen LogP contribution in [0.25, 0.3) is 0 Å². The van der Waals surface area contributed by atoms with E-state index in [2.05, 4.69) is 0 Å². The number of carbonyl (C=O) groups is 3. The lowest BCUT2D eigenvalue weighted by atomic mass is 10.2. The van der Waals surface area contributed by atoms with E-state index in [1.807, 2.05) is 12.1 Å². The van der Waals surface area contributed by atoms with Crippen molar-refractivity contribution in [1.29, 1.82) is 0 Å². The largest absolute Gasteiger partial charge is 0.491 e. The predicted octanol–water partition coefficient (Wildman–Crippen LogP) is 0.791. The lowest BCUT2D eigenvalue weighted by Crippen LogP contribution is -2.17. The van der Waals surface area contributed by atoms with Crippen molar-refractivity contribution in [3.63, 3.8) is 0 Å². The van der Waals surface area contributed by atoms with Gasteiger partial charge in [-0.15, -0.1) is 0 Å². The quantitative estimate of drug-likeness (QED) is 0.0419. The summed E-state index contributed by atoms with van der Waals surface area (Å²) in [6.07, 6.45) is -0.664. The third kappa shape index (κ3) is 31.0. The number of hydrogen-bond acceptors (Lipinski definition) is 16. The maximum Gasteiger partial charge on any atom is 0.372 e. The Morgan fingerprint density at radius 3 is 1.06 bits per heavy atom. The maximum atomic E-state index is 11.4. The molecule has 0 aliphatic rings. The van der Waals surface area contributed by atoms with E-state index in [4.69, 9.17) is 67.7 Å². The summed E-state index contributed by atoms with van der Waals surface area (Å²) in [6.45, 7) is 9.20. The minimum absolute atomic E-state index is 0.0114. The van der Waals surface area contributed by atoms with E-state index in [9.17, 15) is 14.4 Å². The number of ether oxygens (including phenoxy) is 12. The highest BCUT2D eigenvalue weighted by Crippen LogP contribution is 2.12. The Morgan fingerprint density at radius 2 is 0.740 bits per heavy atom. The summed E-state index contributed by atoms with van der Waals surface area (Å²) in [5.74, 6) is -2.48. The topological polar surface area (TPSA) is 208 Å². The molecular weight excluding hydrogens is 666 g/mol. The van der Waals surface area contributed by atoms with Crippen molar-refractivity contribution < 1.29 is 76.3 Å². The molecule has 288 valence electrons. The maximum absolute atomic E-state index is 11.4. The van der Waals surface area contributed by atoms with Crippen molar-refractivity contribution in [2.45, 2.75) is 12.8 Å². The molecule has 0 saturated carbocycles. The lowest BCUT2D eigenvalue weighted by Gasteiger charge is -2.09. The van der Waals surface area contributed by atoms with Crippen LogP contribution in [0.4, 0.5) is 5.69 Å². The van der Waals surface area contributed by atoms with Crippen molar-refractivity contribution in [3.05, 3.63) is 24.3 Å². The summed E-state index contributed by atoms with van der Waals surface area (Å²) in [5, 5.41) is 8.44. The SMILES string of the molecule is Nc1ccc(OCCOCCOCCOCCOCCOCCOCCOCCOCCOCCOCCOC(=O)CCC(=O)C(=O)O)cc1. The molecule has 0 aliphatic heterocycles. The molecule has 0 radical (unpaired) electrons. The number of rotatable bonds is 38. The Labute approximate surface area is 293 Å². The van der Waals surface area contributed by atoms with Crippen LogP contribution in [0.3, 0.4) is 0 Å². The van der Waals surface area contributed by atoms with Crippen molar-refractivity contribution in [1.82, 2.24) is 0 Å². The van der Waals surface area contributed by atoms with E-state index in [0.717, 1.165) is 5.75 Å². The molecule has 17 heteroatoms. The van der Waals surface area contributed by atoms with Gasteiger partial charge in [0.1, 0.15) is 19.0 Å². The monoisotopic (exact) mass is 721 g/mol. The number of hydrogen-bond donors (Lipinski definition) is 2. The van der Waals surface area contributed by atoms with E-state index in [1.54, 1.807) is 12.1 Å². The second kappa shape index (κ2) is 34.5. The average Bonchev–Trinajstić information content (AvgIpc) is 3.11. The van der Waals surface area contributed by atoms with Crippen LogP contribution in [0.15, 0.2) is 24.3 Å². The first-order chi connectivity index (χ1) is 24.5. The molecule has 3 N–H and O–H groups in total. The number of nitrogens with two attached hydrogens (primary N) is 1. The smallest absolute Gasteiger partial charge is 0.372 e. The minimum Gasteiger partial charge on any atom is -0.491 e. The van der Waals surface area contributed by atoms with Gasteiger partial charge in [0.25, 0.3) is 0 Å². The van der Waals surface area contributed by atoms with Gasteiger partial charge in [-0.25, -0.2) is 4.79 Å². The number of ketones is 1. The highest BCUT2D eigenvalue weighted by molar-refractivity contribution is 6.32. The third-order valence-electron chi connectivity index (χ3n) is 6.01. The van der Waals surface area contributed by atoms with Crippen molar-refractivity contribution in [2.24, 2.45) is 0 Å². The van der Waals surface area contributed by atoms with Gasteiger partial charge in [0.15, 0.2) is 0 Å². The molecule has 0 amide bonds. The molecule has 0 fully saturated rings. The van der Waals surface area contributed by atoms with Gasteiger partial charge in [0, 0.05) is 12.1 Å². The zero-order valence-corrected chi connectivity index (χ0v) is 28.9. The zero-order valence-electron chi connectivity index (χ0n) is 28.9. The van der Waals surface area contributed by atoms with Gasteiger partial charge in [-0.05, 0) is 24.3 Å². The fourth-order valence-electron chi connectivity index (χ4n) is 3.47. The molecular formula is C33H55NO16. The number of carboxylic acids is 1. The summed E-state index contributed by atoms with van der Waals surface area (Å²) in [5.41, 5.74) is 6.34. The van der Waals surface area contributed by atoms with Gasteiger partial charge in [-0.3, -0.25) is 9.59 Å². The summed E-state index contributed by atoms with van der Waals surface area (Å²) in [4.78, 5) is 32.6. The molecule has 0 aromatic heterocycles. The summed E-state index contributed by atoms with van der Waals surface area (Å²) in [6, 6.07) is 7.22. The number of esters is 1. The summed E-state index contributed by atoms with van der Waals surface area (Å²) >= 11 is 0. The van der Waals surface area contributed by atoms with Crippen LogP contribution < -0.4 is 10.5 Å². The summed E-state index contributed by atoms with van der Waals surface area (Å²) in [7, 11) is 0. The Bertz CT molecular complexity index is 952. The van der Waals surface area contributed by atoms with Crippen LogP contribution in [-0.4, -0.2) is 168 Å². The van der Waals surface area contributed by atoms with E-state index in [1.165, 1.54) is 0 Å².